The first-order valence-corrected chi connectivity index (χ1v) is 11.4. The molecule has 31 heavy (non-hydrogen) atoms. The third-order valence-corrected chi connectivity index (χ3v) is 6.47. The summed E-state index contributed by atoms with van der Waals surface area (Å²) < 4.78 is 5.84. The van der Waals surface area contributed by atoms with Crippen LogP contribution in [0.15, 0.2) is 53.0 Å². The molecule has 0 aliphatic heterocycles. The zero-order chi connectivity index (χ0) is 22.4. The van der Waals surface area contributed by atoms with Crippen molar-refractivity contribution in [1.82, 2.24) is 15.5 Å². The molecule has 162 valence electrons. The fourth-order valence-corrected chi connectivity index (χ4v) is 4.09. The number of hydrogen-bond donors (Lipinski definition) is 2. The van der Waals surface area contributed by atoms with Crippen LogP contribution in [0.25, 0.3) is 10.6 Å². The van der Waals surface area contributed by atoms with Crippen LogP contribution >= 0.6 is 27.3 Å². The minimum absolute atomic E-state index is 0.0691. The number of halogens is 1. The SMILES string of the molecule is CCC(C)C(NC(=O)c1ccccc1Br)C(=O)Nc1nnc(-c2ccc(OC)cc2)s1. The summed E-state index contributed by atoms with van der Waals surface area (Å²) in [6, 6.07) is 13.8. The van der Waals surface area contributed by atoms with Gasteiger partial charge in [0.1, 0.15) is 16.8 Å². The molecule has 2 atom stereocenters. The van der Waals surface area contributed by atoms with Gasteiger partial charge in [-0.25, -0.2) is 0 Å². The molecular weight excluding hydrogens is 480 g/mol. The van der Waals surface area contributed by atoms with Crippen molar-refractivity contribution in [3.63, 3.8) is 0 Å². The van der Waals surface area contributed by atoms with Crippen molar-refractivity contribution >= 4 is 44.2 Å². The molecule has 2 N–H and O–H groups in total. The molecule has 2 unspecified atom stereocenters. The molecule has 9 heteroatoms. The molecule has 1 aromatic heterocycles. The number of nitrogens with zero attached hydrogens (tertiary/aromatic N) is 2. The Morgan fingerprint density at radius 1 is 1.13 bits per heavy atom. The van der Waals surface area contributed by atoms with Crippen LogP contribution in [0.3, 0.4) is 0 Å². The van der Waals surface area contributed by atoms with E-state index in [1.807, 2.05) is 44.2 Å². The number of rotatable bonds is 8. The summed E-state index contributed by atoms with van der Waals surface area (Å²) >= 11 is 4.65. The number of ether oxygens (including phenoxy) is 1. The predicted molar refractivity (Wildman–Crippen MR) is 125 cm³/mol. The van der Waals surface area contributed by atoms with Crippen LogP contribution in [-0.4, -0.2) is 35.2 Å². The number of hydrogen-bond acceptors (Lipinski definition) is 6. The van der Waals surface area contributed by atoms with E-state index in [4.69, 9.17) is 4.74 Å². The van der Waals surface area contributed by atoms with Gasteiger partial charge >= 0.3 is 0 Å². The lowest BCUT2D eigenvalue weighted by atomic mass is 9.98. The Morgan fingerprint density at radius 3 is 2.48 bits per heavy atom. The molecule has 2 aromatic carbocycles. The second-order valence-corrected chi connectivity index (χ2v) is 8.78. The zero-order valence-electron chi connectivity index (χ0n) is 17.4. The standard InChI is InChI=1S/C22H23BrN4O3S/c1-4-13(2)18(24-19(28)16-7-5-6-8-17(16)23)20(29)25-22-27-26-21(31-22)14-9-11-15(30-3)12-10-14/h5-13,18H,4H2,1-3H3,(H,24,28)(H,25,27,29). The number of amides is 2. The third-order valence-electron chi connectivity index (χ3n) is 4.89. The van der Waals surface area contributed by atoms with E-state index in [0.29, 0.717) is 20.2 Å². The highest BCUT2D eigenvalue weighted by Gasteiger charge is 2.27. The Hall–Kier alpha value is -2.78. The van der Waals surface area contributed by atoms with Crippen molar-refractivity contribution in [1.29, 1.82) is 0 Å². The summed E-state index contributed by atoms with van der Waals surface area (Å²) in [6.07, 6.45) is 0.724. The van der Waals surface area contributed by atoms with E-state index in [2.05, 4.69) is 36.8 Å². The smallest absolute Gasteiger partial charge is 0.253 e. The lowest BCUT2D eigenvalue weighted by molar-refractivity contribution is -0.119. The molecule has 0 spiro atoms. The second kappa shape index (κ2) is 10.5. The maximum Gasteiger partial charge on any atom is 0.253 e. The molecule has 7 nitrogen and oxygen atoms in total. The normalized spacial score (nSPS) is 12.6. The monoisotopic (exact) mass is 502 g/mol. The summed E-state index contributed by atoms with van der Waals surface area (Å²) in [6.45, 7) is 3.90. The van der Waals surface area contributed by atoms with E-state index >= 15 is 0 Å². The van der Waals surface area contributed by atoms with Gasteiger partial charge in [-0.15, -0.1) is 10.2 Å². The van der Waals surface area contributed by atoms with Gasteiger partial charge in [-0.05, 0) is 58.2 Å². The minimum atomic E-state index is -0.710. The van der Waals surface area contributed by atoms with Gasteiger partial charge in [0.05, 0.1) is 12.7 Å². The molecule has 2 amide bonds. The number of carbonyl (C=O) groups excluding carboxylic acids is 2. The molecule has 0 aliphatic rings. The number of anilines is 1. The lowest BCUT2D eigenvalue weighted by Gasteiger charge is -2.23. The van der Waals surface area contributed by atoms with Gasteiger partial charge < -0.3 is 10.1 Å². The Balaban J connectivity index is 1.73. The maximum atomic E-state index is 13.0. The fourth-order valence-electron chi connectivity index (χ4n) is 2.87. The first kappa shape index (κ1) is 22.9. The average Bonchev–Trinajstić information content (AvgIpc) is 3.25. The molecule has 0 bridgehead atoms. The highest BCUT2D eigenvalue weighted by Crippen LogP contribution is 2.28. The van der Waals surface area contributed by atoms with Crippen molar-refractivity contribution in [3.8, 4) is 16.3 Å². The summed E-state index contributed by atoms with van der Waals surface area (Å²) in [5.74, 6) is 0.0377. The number of nitrogens with one attached hydrogen (secondary N) is 2. The van der Waals surface area contributed by atoms with Gasteiger partial charge in [-0.1, -0.05) is 43.7 Å². The number of carbonyl (C=O) groups is 2. The summed E-state index contributed by atoms with van der Waals surface area (Å²) in [4.78, 5) is 25.7. The maximum absolute atomic E-state index is 13.0. The van der Waals surface area contributed by atoms with Gasteiger partial charge in [-0.3, -0.25) is 14.9 Å². The topological polar surface area (TPSA) is 93.2 Å². The van der Waals surface area contributed by atoms with E-state index in [0.717, 1.165) is 17.7 Å². The fraction of sp³-hybridized carbons (Fsp3) is 0.273. The van der Waals surface area contributed by atoms with Crippen LogP contribution in [0.5, 0.6) is 5.75 Å². The van der Waals surface area contributed by atoms with E-state index < -0.39 is 6.04 Å². The number of aromatic nitrogens is 2. The Bertz CT molecular complexity index is 1050. The van der Waals surface area contributed by atoms with Gasteiger partial charge in [0.15, 0.2) is 0 Å². The Labute approximate surface area is 193 Å². The first-order chi connectivity index (χ1) is 14.9. The summed E-state index contributed by atoms with van der Waals surface area (Å²) in [7, 11) is 1.61. The molecule has 3 aromatic rings. The third kappa shape index (κ3) is 5.68. The van der Waals surface area contributed by atoms with Crippen LogP contribution in [0.4, 0.5) is 5.13 Å². The summed E-state index contributed by atoms with van der Waals surface area (Å²) in [5, 5.41) is 14.9. The summed E-state index contributed by atoms with van der Waals surface area (Å²) in [5.41, 5.74) is 1.35. The van der Waals surface area contributed by atoms with Crippen molar-refractivity contribution < 1.29 is 14.3 Å². The van der Waals surface area contributed by atoms with Gasteiger partial charge in [0.25, 0.3) is 5.91 Å². The molecule has 0 saturated carbocycles. The predicted octanol–water partition coefficient (Wildman–Crippen LogP) is 4.76. The van der Waals surface area contributed by atoms with E-state index in [9.17, 15) is 9.59 Å². The molecular formula is C22H23BrN4O3S. The molecule has 0 fully saturated rings. The van der Waals surface area contributed by atoms with E-state index in [1.54, 1.807) is 25.3 Å². The van der Waals surface area contributed by atoms with E-state index in [-0.39, 0.29) is 17.7 Å². The zero-order valence-corrected chi connectivity index (χ0v) is 19.8. The van der Waals surface area contributed by atoms with Crippen LogP contribution < -0.4 is 15.4 Å². The number of benzene rings is 2. The van der Waals surface area contributed by atoms with Gasteiger partial charge in [0.2, 0.25) is 11.0 Å². The van der Waals surface area contributed by atoms with Crippen molar-refractivity contribution in [2.45, 2.75) is 26.3 Å². The molecule has 0 radical (unpaired) electrons. The van der Waals surface area contributed by atoms with Crippen LogP contribution in [0, 0.1) is 5.92 Å². The highest BCUT2D eigenvalue weighted by molar-refractivity contribution is 9.10. The molecule has 0 aliphatic carbocycles. The first-order valence-electron chi connectivity index (χ1n) is 9.77. The van der Waals surface area contributed by atoms with Crippen LogP contribution in [-0.2, 0) is 4.79 Å². The van der Waals surface area contributed by atoms with Gasteiger partial charge in [-0.2, -0.15) is 0 Å². The van der Waals surface area contributed by atoms with Crippen LogP contribution in [0.1, 0.15) is 30.6 Å². The molecule has 3 rings (SSSR count). The van der Waals surface area contributed by atoms with Gasteiger partial charge in [0, 0.05) is 10.0 Å². The van der Waals surface area contributed by atoms with Crippen molar-refractivity contribution in [2.24, 2.45) is 5.92 Å². The quantitative estimate of drug-likeness (QED) is 0.463. The van der Waals surface area contributed by atoms with E-state index in [1.165, 1.54) is 11.3 Å². The second-order valence-electron chi connectivity index (χ2n) is 6.95. The largest absolute Gasteiger partial charge is 0.497 e. The highest BCUT2D eigenvalue weighted by atomic mass is 79.9. The minimum Gasteiger partial charge on any atom is -0.497 e. The number of methoxy groups -OCH3 is 1. The molecule has 1 heterocycles. The molecule has 0 saturated heterocycles. The van der Waals surface area contributed by atoms with Crippen molar-refractivity contribution in [3.05, 3.63) is 58.6 Å². The van der Waals surface area contributed by atoms with Crippen molar-refractivity contribution in [2.75, 3.05) is 12.4 Å². The Morgan fingerprint density at radius 2 is 1.84 bits per heavy atom. The van der Waals surface area contributed by atoms with Crippen LogP contribution in [0.2, 0.25) is 0 Å². The Kier molecular flexibility index (Phi) is 7.75. The lowest BCUT2D eigenvalue weighted by Crippen LogP contribution is -2.47. The average molecular weight is 503 g/mol.